The molecule has 0 radical (unpaired) electrons. The zero-order chi connectivity index (χ0) is 22.1. The van der Waals surface area contributed by atoms with Gasteiger partial charge in [-0.15, -0.1) is 0 Å². The lowest BCUT2D eigenvalue weighted by Crippen LogP contribution is -2.34. The number of nitrogens with two attached hydrogens (primary N) is 1. The van der Waals surface area contributed by atoms with Crippen molar-refractivity contribution in [2.45, 2.75) is 25.3 Å². The topological polar surface area (TPSA) is 53.7 Å². The molecule has 3 aromatic rings. The summed E-state index contributed by atoms with van der Waals surface area (Å²) < 4.78 is 0. The van der Waals surface area contributed by atoms with E-state index in [1.807, 2.05) is 12.3 Å². The summed E-state index contributed by atoms with van der Waals surface area (Å²) in [6.07, 6.45) is 5.28. The maximum absolute atomic E-state index is 5.99. The molecule has 1 saturated heterocycles. The van der Waals surface area contributed by atoms with E-state index >= 15 is 0 Å². The number of nitrogen functional groups attached to an aromatic ring is 1. The Balaban J connectivity index is 1.34. The van der Waals surface area contributed by atoms with E-state index in [0.717, 1.165) is 29.9 Å². The van der Waals surface area contributed by atoms with E-state index < -0.39 is 0 Å². The summed E-state index contributed by atoms with van der Waals surface area (Å²) in [4.78, 5) is 6.45. The van der Waals surface area contributed by atoms with Crippen LogP contribution in [0.25, 0.3) is 28.0 Å². The van der Waals surface area contributed by atoms with Crippen LogP contribution >= 0.6 is 0 Å². The highest BCUT2D eigenvalue weighted by Crippen LogP contribution is 2.39. The summed E-state index contributed by atoms with van der Waals surface area (Å²) in [6.45, 7) is 5.76. The van der Waals surface area contributed by atoms with E-state index in [1.54, 1.807) is 0 Å². The SMILES string of the molecule is C=N/C=C(\NCC1CCCN1C)c1ccc(-c2ccc3c(c2)Cc2cc(N)ccc2-3)cc1. The number of hydrogen-bond acceptors (Lipinski definition) is 4. The van der Waals surface area contributed by atoms with Crippen LogP contribution in [-0.4, -0.2) is 37.8 Å². The van der Waals surface area contributed by atoms with Gasteiger partial charge in [0.1, 0.15) is 0 Å². The molecule has 162 valence electrons. The minimum absolute atomic E-state index is 0.577. The van der Waals surface area contributed by atoms with Gasteiger partial charge in [0, 0.05) is 24.5 Å². The van der Waals surface area contributed by atoms with E-state index in [0.29, 0.717) is 6.04 Å². The summed E-state index contributed by atoms with van der Waals surface area (Å²) in [5.74, 6) is 0. The third-order valence-corrected chi connectivity index (χ3v) is 6.85. The monoisotopic (exact) mass is 422 g/mol. The predicted molar refractivity (Wildman–Crippen MR) is 136 cm³/mol. The van der Waals surface area contributed by atoms with Gasteiger partial charge in [0.15, 0.2) is 0 Å². The fraction of sp³-hybridized carbons (Fsp3) is 0.250. The lowest BCUT2D eigenvalue weighted by atomic mass is 9.98. The molecule has 1 aliphatic heterocycles. The van der Waals surface area contributed by atoms with Crippen LogP contribution in [0.2, 0.25) is 0 Å². The van der Waals surface area contributed by atoms with Crippen molar-refractivity contribution in [1.82, 2.24) is 10.2 Å². The Morgan fingerprint density at radius 3 is 2.50 bits per heavy atom. The van der Waals surface area contributed by atoms with Crippen molar-refractivity contribution < 1.29 is 0 Å². The summed E-state index contributed by atoms with van der Waals surface area (Å²) in [6, 6.07) is 22.3. The smallest absolute Gasteiger partial charge is 0.0600 e. The number of nitrogens with zero attached hydrogens (tertiary/aromatic N) is 2. The second kappa shape index (κ2) is 8.64. The second-order valence-corrected chi connectivity index (χ2v) is 8.93. The van der Waals surface area contributed by atoms with E-state index in [2.05, 4.69) is 83.6 Å². The molecule has 1 fully saturated rings. The number of likely N-dealkylation sites (tertiary alicyclic amines) is 1. The van der Waals surface area contributed by atoms with Gasteiger partial charge >= 0.3 is 0 Å². The highest BCUT2D eigenvalue weighted by Gasteiger charge is 2.21. The predicted octanol–water partition coefficient (Wildman–Crippen LogP) is 5.19. The fourth-order valence-corrected chi connectivity index (χ4v) is 5.03. The zero-order valence-corrected chi connectivity index (χ0v) is 18.6. The molecule has 0 bridgehead atoms. The maximum atomic E-state index is 5.99. The zero-order valence-electron chi connectivity index (χ0n) is 18.6. The molecule has 0 aromatic heterocycles. The van der Waals surface area contributed by atoms with E-state index in [4.69, 9.17) is 5.73 Å². The van der Waals surface area contributed by atoms with Crippen molar-refractivity contribution >= 4 is 18.1 Å². The molecule has 1 unspecified atom stereocenters. The second-order valence-electron chi connectivity index (χ2n) is 8.93. The number of fused-ring (bicyclic) bond motifs is 3. The molecule has 0 saturated carbocycles. The first-order valence-electron chi connectivity index (χ1n) is 11.3. The lowest BCUT2D eigenvalue weighted by Gasteiger charge is -2.21. The largest absolute Gasteiger partial charge is 0.399 e. The molecule has 5 rings (SSSR count). The number of hydrogen-bond donors (Lipinski definition) is 2. The molecular formula is C28H30N4. The molecule has 1 aliphatic carbocycles. The number of likely N-dealkylation sites (N-methyl/N-ethyl adjacent to an activating group) is 1. The van der Waals surface area contributed by atoms with Gasteiger partial charge < -0.3 is 16.0 Å². The highest BCUT2D eigenvalue weighted by molar-refractivity contribution is 5.81. The van der Waals surface area contributed by atoms with E-state index in [-0.39, 0.29) is 0 Å². The highest BCUT2D eigenvalue weighted by atomic mass is 15.2. The quantitative estimate of drug-likeness (QED) is 0.332. The summed E-state index contributed by atoms with van der Waals surface area (Å²) >= 11 is 0. The Bertz CT molecular complexity index is 1180. The Labute approximate surface area is 190 Å². The van der Waals surface area contributed by atoms with Crippen molar-refractivity contribution in [3.63, 3.8) is 0 Å². The molecule has 1 atom stereocenters. The first-order chi connectivity index (χ1) is 15.6. The standard InChI is InChI=1S/C28H30N4/c1-30-18-28(31-17-25-4-3-13-32(25)2)20-7-5-19(6-8-20)21-9-11-26-22(14-21)15-23-16-24(29)10-12-27(23)26/h5-12,14,16,18,25,31H,1,3-4,13,15,17,29H2,2H3/b28-18-. The molecule has 32 heavy (non-hydrogen) atoms. The van der Waals surface area contributed by atoms with Crippen molar-refractivity contribution in [3.05, 3.63) is 83.6 Å². The van der Waals surface area contributed by atoms with Crippen LogP contribution in [0.1, 0.15) is 29.5 Å². The Morgan fingerprint density at radius 1 is 1.06 bits per heavy atom. The van der Waals surface area contributed by atoms with Gasteiger partial charge in [-0.05, 0) is 90.6 Å². The average Bonchev–Trinajstić information content (AvgIpc) is 3.38. The van der Waals surface area contributed by atoms with Crippen LogP contribution < -0.4 is 11.1 Å². The van der Waals surface area contributed by atoms with Crippen LogP contribution in [-0.2, 0) is 6.42 Å². The van der Waals surface area contributed by atoms with Gasteiger partial charge in [-0.3, -0.25) is 4.99 Å². The van der Waals surface area contributed by atoms with Crippen LogP contribution in [0, 0.1) is 0 Å². The molecule has 0 spiro atoms. The maximum Gasteiger partial charge on any atom is 0.0600 e. The Morgan fingerprint density at radius 2 is 1.78 bits per heavy atom. The molecule has 3 N–H and O–H groups in total. The molecule has 1 heterocycles. The Kier molecular flexibility index (Phi) is 5.54. The third-order valence-electron chi connectivity index (χ3n) is 6.85. The first kappa shape index (κ1) is 20.5. The molecule has 4 nitrogen and oxygen atoms in total. The molecule has 4 heteroatoms. The van der Waals surface area contributed by atoms with Crippen molar-refractivity contribution in [2.75, 3.05) is 25.9 Å². The summed E-state index contributed by atoms with van der Waals surface area (Å²) in [5.41, 5.74) is 16.7. The van der Waals surface area contributed by atoms with Gasteiger partial charge in [0.2, 0.25) is 0 Å². The Hall–Kier alpha value is -3.37. The van der Waals surface area contributed by atoms with Gasteiger partial charge in [-0.25, -0.2) is 0 Å². The van der Waals surface area contributed by atoms with Gasteiger partial charge in [0.05, 0.1) is 5.70 Å². The fourth-order valence-electron chi connectivity index (χ4n) is 5.03. The molecule has 2 aliphatic rings. The lowest BCUT2D eigenvalue weighted by molar-refractivity contribution is 0.309. The number of aliphatic imine (C=N–C) groups is 1. The van der Waals surface area contributed by atoms with Crippen molar-refractivity contribution in [2.24, 2.45) is 4.99 Å². The molecular weight excluding hydrogens is 392 g/mol. The van der Waals surface area contributed by atoms with Crippen molar-refractivity contribution in [3.8, 4) is 22.3 Å². The van der Waals surface area contributed by atoms with Gasteiger partial charge in [-0.1, -0.05) is 48.5 Å². The number of nitrogens with one attached hydrogen (secondary N) is 1. The third kappa shape index (κ3) is 3.94. The van der Waals surface area contributed by atoms with Crippen LogP contribution in [0.4, 0.5) is 5.69 Å². The number of rotatable bonds is 6. The average molecular weight is 423 g/mol. The summed E-state index contributed by atoms with van der Waals surface area (Å²) in [7, 11) is 2.20. The van der Waals surface area contributed by atoms with Gasteiger partial charge in [0.25, 0.3) is 0 Å². The minimum Gasteiger partial charge on any atom is -0.399 e. The van der Waals surface area contributed by atoms with Crippen LogP contribution in [0.5, 0.6) is 0 Å². The normalized spacial score (nSPS) is 17.8. The number of benzene rings is 3. The van der Waals surface area contributed by atoms with Gasteiger partial charge in [-0.2, -0.15) is 0 Å². The summed E-state index contributed by atoms with van der Waals surface area (Å²) in [5, 5.41) is 3.59. The van der Waals surface area contributed by atoms with Crippen LogP contribution in [0.3, 0.4) is 0 Å². The van der Waals surface area contributed by atoms with E-state index in [1.165, 1.54) is 52.8 Å². The first-order valence-corrected chi connectivity index (χ1v) is 11.3. The molecule has 3 aromatic carbocycles. The van der Waals surface area contributed by atoms with E-state index in [9.17, 15) is 0 Å². The van der Waals surface area contributed by atoms with Crippen LogP contribution in [0.15, 0.2) is 71.9 Å². The number of anilines is 1. The van der Waals surface area contributed by atoms with Crippen molar-refractivity contribution in [1.29, 1.82) is 0 Å². The minimum atomic E-state index is 0.577. The molecule has 0 amide bonds.